The quantitative estimate of drug-likeness (QED) is 0.644. The monoisotopic (exact) mass is 458 g/mol. The number of fused-ring (bicyclic) bond motifs is 1. The minimum absolute atomic E-state index is 0.0103. The van der Waals surface area contributed by atoms with Crippen LogP contribution in [0.15, 0.2) is 23.1 Å². The number of aryl methyl sites for hydroxylation is 1. The van der Waals surface area contributed by atoms with E-state index in [2.05, 4.69) is 20.5 Å². The van der Waals surface area contributed by atoms with Gasteiger partial charge in [-0.1, -0.05) is 0 Å². The van der Waals surface area contributed by atoms with Crippen molar-refractivity contribution in [2.24, 2.45) is 11.3 Å². The number of aromatic amines is 1. The van der Waals surface area contributed by atoms with Crippen molar-refractivity contribution in [3.05, 3.63) is 46.1 Å². The number of pyridine rings is 1. The van der Waals surface area contributed by atoms with Crippen LogP contribution in [0.3, 0.4) is 0 Å². The third-order valence-corrected chi connectivity index (χ3v) is 7.26. The van der Waals surface area contributed by atoms with Gasteiger partial charge in [0, 0.05) is 51.5 Å². The zero-order chi connectivity index (χ0) is 23.0. The van der Waals surface area contributed by atoms with Gasteiger partial charge in [-0.3, -0.25) is 14.2 Å². The van der Waals surface area contributed by atoms with E-state index < -0.39 is 11.9 Å². The number of nitrogens with zero attached hydrogens (tertiary/aromatic N) is 4. The molecule has 2 aromatic rings. The second-order valence-electron chi connectivity index (χ2n) is 9.28. The maximum Gasteiger partial charge on any atom is 0.343 e. The summed E-state index contributed by atoms with van der Waals surface area (Å²) in [6.45, 7) is 2.43. The largest absolute Gasteiger partial charge is 0.381 e. The van der Waals surface area contributed by atoms with Gasteiger partial charge < -0.3 is 15.0 Å². The highest BCUT2D eigenvalue weighted by Crippen LogP contribution is 2.43. The van der Waals surface area contributed by atoms with E-state index in [0.29, 0.717) is 45.0 Å². The number of H-pyrrole nitrogens is 1. The summed E-state index contributed by atoms with van der Waals surface area (Å²) in [5.41, 5.74) is -0.463. The van der Waals surface area contributed by atoms with Crippen LogP contribution in [-0.4, -0.2) is 68.8 Å². The molecule has 2 fully saturated rings. The van der Waals surface area contributed by atoms with Crippen LogP contribution < -0.4 is 11.0 Å². The minimum Gasteiger partial charge on any atom is -0.381 e. The van der Waals surface area contributed by atoms with Crippen LogP contribution in [0.25, 0.3) is 0 Å². The number of nitrogens with one attached hydrogen (secondary N) is 2. The number of likely N-dealkylation sites (tertiary alicyclic amines) is 1. The van der Waals surface area contributed by atoms with Gasteiger partial charge in [-0.05, 0) is 43.2 Å². The average molecular weight is 458 g/mol. The maximum absolute atomic E-state index is 13.9. The minimum atomic E-state index is -0.821. The first kappa shape index (κ1) is 21.7. The standard InChI is InChI=1S/C22H27FN6O4/c23-18-16(2-1-7-24-18)19(30)25-11-15-10-22(5-8-33-9-6-22)13-29(15)20(31)14-3-4-17-26-27-21(32)28(17)12-14/h1-2,7,14-15H,3-6,8-13H2,(H,25,30)(H,27,32). The van der Waals surface area contributed by atoms with Crippen LogP contribution >= 0.6 is 0 Å². The molecule has 2 aromatic heterocycles. The molecule has 0 saturated carbocycles. The molecule has 5 rings (SSSR count). The molecule has 2 N–H and O–H groups in total. The summed E-state index contributed by atoms with van der Waals surface area (Å²) in [6.07, 6.45) is 4.93. The van der Waals surface area contributed by atoms with E-state index in [1.807, 2.05) is 4.90 Å². The van der Waals surface area contributed by atoms with Crippen molar-refractivity contribution in [1.82, 2.24) is 30.0 Å². The van der Waals surface area contributed by atoms with Crippen LogP contribution in [-0.2, 0) is 22.5 Å². The molecule has 0 aromatic carbocycles. The lowest BCUT2D eigenvalue weighted by molar-refractivity contribution is -0.138. The molecule has 2 amide bonds. The molecule has 3 aliphatic heterocycles. The number of amides is 2. The molecule has 0 aliphatic carbocycles. The van der Waals surface area contributed by atoms with Crippen LogP contribution in [0.4, 0.5) is 4.39 Å². The Labute approximate surface area is 189 Å². The Bertz CT molecular complexity index is 1110. The SMILES string of the molecule is O=C(NCC1CC2(CCOCC2)CN1C(=O)C1CCc2n[nH]c(=O)n2C1)c1cccnc1F. The van der Waals surface area contributed by atoms with Crippen molar-refractivity contribution in [3.63, 3.8) is 0 Å². The maximum atomic E-state index is 13.9. The van der Waals surface area contributed by atoms with Gasteiger partial charge in [0.2, 0.25) is 11.9 Å². The number of carbonyl (C=O) groups excluding carboxylic acids is 2. The highest BCUT2D eigenvalue weighted by Gasteiger charge is 2.48. The Morgan fingerprint density at radius 2 is 2.15 bits per heavy atom. The van der Waals surface area contributed by atoms with Gasteiger partial charge in [-0.25, -0.2) is 14.9 Å². The van der Waals surface area contributed by atoms with E-state index in [-0.39, 0.29) is 41.1 Å². The summed E-state index contributed by atoms with van der Waals surface area (Å²) in [5, 5.41) is 9.27. The predicted molar refractivity (Wildman–Crippen MR) is 114 cm³/mol. The first-order chi connectivity index (χ1) is 16.0. The summed E-state index contributed by atoms with van der Waals surface area (Å²) in [6, 6.07) is 2.69. The Morgan fingerprint density at radius 1 is 1.33 bits per heavy atom. The molecular formula is C22H27FN6O4. The Balaban J connectivity index is 1.33. The molecule has 176 valence electrons. The number of hydrogen-bond donors (Lipinski definition) is 2. The van der Waals surface area contributed by atoms with E-state index >= 15 is 0 Å². The summed E-state index contributed by atoms with van der Waals surface area (Å²) >= 11 is 0. The highest BCUT2D eigenvalue weighted by atomic mass is 19.1. The highest BCUT2D eigenvalue weighted by molar-refractivity contribution is 5.94. The molecule has 33 heavy (non-hydrogen) atoms. The summed E-state index contributed by atoms with van der Waals surface area (Å²) < 4.78 is 21.0. The van der Waals surface area contributed by atoms with E-state index in [9.17, 15) is 18.8 Å². The third-order valence-electron chi connectivity index (χ3n) is 7.26. The van der Waals surface area contributed by atoms with E-state index in [1.54, 1.807) is 0 Å². The van der Waals surface area contributed by atoms with Crippen LogP contribution in [0.5, 0.6) is 0 Å². The molecule has 10 nitrogen and oxygen atoms in total. The van der Waals surface area contributed by atoms with Crippen molar-refractivity contribution in [1.29, 1.82) is 0 Å². The second-order valence-corrected chi connectivity index (χ2v) is 9.28. The summed E-state index contributed by atoms with van der Waals surface area (Å²) in [5.74, 6) is -1.03. The fourth-order valence-electron chi connectivity index (χ4n) is 5.41. The molecule has 0 bridgehead atoms. The van der Waals surface area contributed by atoms with Gasteiger partial charge in [0.1, 0.15) is 5.82 Å². The number of carbonyl (C=O) groups is 2. The fraction of sp³-hybridized carbons (Fsp3) is 0.591. The van der Waals surface area contributed by atoms with Gasteiger partial charge >= 0.3 is 5.69 Å². The zero-order valence-electron chi connectivity index (χ0n) is 18.3. The number of rotatable bonds is 4. The Hall–Kier alpha value is -3.08. The van der Waals surface area contributed by atoms with Gasteiger partial charge in [-0.15, -0.1) is 0 Å². The lowest BCUT2D eigenvalue weighted by Crippen LogP contribution is -2.47. The summed E-state index contributed by atoms with van der Waals surface area (Å²) in [7, 11) is 0. The molecule has 2 saturated heterocycles. The molecule has 1 spiro atoms. The molecule has 11 heteroatoms. The van der Waals surface area contributed by atoms with Crippen LogP contribution in [0.2, 0.25) is 0 Å². The molecule has 2 atom stereocenters. The van der Waals surface area contributed by atoms with E-state index in [1.165, 1.54) is 22.9 Å². The zero-order valence-corrected chi connectivity index (χ0v) is 18.3. The van der Waals surface area contributed by atoms with Crippen molar-refractivity contribution in [2.75, 3.05) is 26.3 Å². The summed E-state index contributed by atoms with van der Waals surface area (Å²) in [4.78, 5) is 43.6. The van der Waals surface area contributed by atoms with Crippen molar-refractivity contribution < 1.29 is 18.7 Å². The second kappa shape index (κ2) is 8.69. The number of ether oxygens (including phenoxy) is 1. The number of aromatic nitrogens is 4. The van der Waals surface area contributed by atoms with Crippen molar-refractivity contribution in [2.45, 2.75) is 44.7 Å². The van der Waals surface area contributed by atoms with Crippen molar-refractivity contribution in [3.8, 4) is 0 Å². The Kier molecular flexibility index (Phi) is 5.73. The molecule has 3 aliphatic rings. The normalized spacial score (nSPS) is 24.0. The first-order valence-electron chi connectivity index (χ1n) is 11.4. The smallest absolute Gasteiger partial charge is 0.343 e. The van der Waals surface area contributed by atoms with Crippen LogP contribution in [0.1, 0.15) is 41.9 Å². The van der Waals surface area contributed by atoms with Crippen LogP contribution in [0, 0.1) is 17.3 Å². The van der Waals surface area contributed by atoms with Gasteiger partial charge in [0.25, 0.3) is 5.91 Å². The predicted octanol–water partition coefficient (Wildman–Crippen LogP) is 0.496. The molecule has 5 heterocycles. The number of halogens is 1. The average Bonchev–Trinajstić information content (AvgIpc) is 3.38. The number of hydrogen-bond acceptors (Lipinski definition) is 6. The van der Waals surface area contributed by atoms with Crippen molar-refractivity contribution >= 4 is 11.8 Å². The molecule has 2 unspecified atom stereocenters. The fourth-order valence-corrected chi connectivity index (χ4v) is 5.41. The van der Waals surface area contributed by atoms with E-state index in [0.717, 1.165) is 19.3 Å². The van der Waals surface area contributed by atoms with E-state index in [4.69, 9.17) is 4.74 Å². The van der Waals surface area contributed by atoms with Gasteiger partial charge in [0.05, 0.1) is 11.5 Å². The molecular weight excluding hydrogens is 431 g/mol. The third kappa shape index (κ3) is 4.17. The van der Waals surface area contributed by atoms with Gasteiger partial charge in [-0.2, -0.15) is 9.49 Å². The van der Waals surface area contributed by atoms with Gasteiger partial charge in [0.15, 0.2) is 0 Å². The first-order valence-corrected chi connectivity index (χ1v) is 11.4. The lowest BCUT2D eigenvalue weighted by atomic mass is 9.78. The lowest BCUT2D eigenvalue weighted by Gasteiger charge is -2.34. The molecule has 0 radical (unpaired) electrons. The topological polar surface area (TPSA) is 122 Å². The Morgan fingerprint density at radius 3 is 2.94 bits per heavy atom.